The fourth-order valence-electron chi connectivity index (χ4n) is 3.52. The smallest absolute Gasteiger partial charge is 0.231 e. The Kier molecular flexibility index (Phi) is 6.42. The number of benzene rings is 2. The minimum Gasteiger partial charge on any atom is -0.379 e. The first-order valence-corrected chi connectivity index (χ1v) is 9.36. The number of amides is 1. The van der Waals surface area contributed by atoms with E-state index < -0.39 is 0 Å². The highest BCUT2D eigenvalue weighted by molar-refractivity contribution is 5.96. The van der Waals surface area contributed by atoms with Gasteiger partial charge in [0.15, 0.2) is 0 Å². The summed E-state index contributed by atoms with van der Waals surface area (Å²) < 4.78 is 5.43. The summed E-state index contributed by atoms with van der Waals surface area (Å²) >= 11 is 0. The zero-order valence-electron chi connectivity index (χ0n) is 15.8. The summed E-state index contributed by atoms with van der Waals surface area (Å²) in [5, 5.41) is 0. The SMILES string of the molecule is Cc1cccc(C)c1N(CCN1CCOCC1)C(=O)Cc1ccccc1. The Bertz CT molecular complexity index is 704. The zero-order valence-corrected chi connectivity index (χ0v) is 15.8. The number of hydrogen-bond acceptors (Lipinski definition) is 3. The molecule has 138 valence electrons. The molecule has 0 N–H and O–H groups in total. The van der Waals surface area contributed by atoms with Crippen molar-refractivity contribution in [1.29, 1.82) is 0 Å². The van der Waals surface area contributed by atoms with Gasteiger partial charge < -0.3 is 9.64 Å². The number of nitrogens with zero attached hydrogens (tertiary/aromatic N) is 2. The Balaban J connectivity index is 1.79. The van der Waals surface area contributed by atoms with E-state index in [0.717, 1.165) is 55.2 Å². The molecule has 2 aromatic rings. The lowest BCUT2D eigenvalue weighted by molar-refractivity contribution is -0.118. The van der Waals surface area contributed by atoms with Crippen molar-refractivity contribution in [3.63, 3.8) is 0 Å². The normalized spacial score (nSPS) is 15.0. The third kappa shape index (κ3) is 4.71. The second-order valence-electron chi connectivity index (χ2n) is 6.90. The Hall–Kier alpha value is -2.17. The maximum absolute atomic E-state index is 13.2. The van der Waals surface area contributed by atoms with Gasteiger partial charge >= 0.3 is 0 Å². The average Bonchev–Trinajstić information content (AvgIpc) is 2.65. The standard InChI is InChI=1S/C22H28N2O2/c1-18-7-6-8-19(2)22(18)24(12-11-23-13-15-26-16-14-23)21(25)17-20-9-4-3-5-10-20/h3-10H,11-17H2,1-2H3. The molecule has 1 amide bonds. The van der Waals surface area contributed by atoms with Crippen LogP contribution in [0.3, 0.4) is 0 Å². The molecule has 0 bridgehead atoms. The fourth-order valence-corrected chi connectivity index (χ4v) is 3.52. The number of ether oxygens (including phenoxy) is 1. The zero-order chi connectivity index (χ0) is 18.4. The van der Waals surface area contributed by atoms with Crippen LogP contribution in [0.4, 0.5) is 5.69 Å². The minimum atomic E-state index is 0.154. The Morgan fingerprint density at radius 3 is 2.31 bits per heavy atom. The van der Waals surface area contributed by atoms with Gasteiger partial charge in [-0.1, -0.05) is 48.5 Å². The van der Waals surface area contributed by atoms with E-state index in [-0.39, 0.29) is 5.91 Å². The summed E-state index contributed by atoms with van der Waals surface area (Å²) in [6.45, 7) is 9.18. The lowest BCUT2D eigenvalue weighted by Gasteiger charge is -2.31. The maximum atomic E-state index is 13.2. The summed E-state index contributed by atoms with van der Waals surface area (Å²) in [4.78, 5) is 17.5. The fraction of sp³-hybridized carbons (Fsp3) is 0.409. The van der Waals surface area contributed by atoms with E-state index in [9.17, 15) is 4.79 Å². The van der Waals surface area contributed by atoms with Crippen molar-refractivity contribution in [2.45, 2.75) is 20.3 Å². The van der Waals surface area contributed by atoms with Gasteiger partial charge in [-0.15, -0.1) is 0 Å². The highest BCUT2D eigenvalue weighted by atomic mass is 16.5. The van der Waals surface area contributed by atoms with Crippen molar-refractivity contribution < 1.29 is 9.53 Å². The van der Waals surface area contributed by atoms with E-state index in [4.69, 9.17) is 4.74 Å². The number of carbonyl (C=O) groups excluding carboxylic acids is 1. The molecule has 0 spiro atoms. The molecule has 1 aliphatic heterocycles. The first-order chi connectivity index (χ1) is 12.6. The monoisotopic (exact) mass is 352 g/mol. The second kappa shape index (κ2) is 8.97. The number of anilines is 1. The molecule has 1 fully saturated rings. The van der Waals surface area contributed by atoms with E-state index in [0.29, 0.717) is 13.0 Å². The van der Waals surface area contributed by atoms with Crippen LogP contribution in [0.25, 0.3) is 0 Å². The first kappa shape index (κ1) is 18.6. The molecular weight excluding hydrogens is 324 g/mol. The summed E-state index contributed by atoms with van der Waals surface area (Å²) in [6.07, 6.45) is 0.428. The molecule has 26 heavy (non-hydrogen) atoms. The van der Waals surface area contributed by atoms with Gasteiger partial charge in [0.05, 0.1) is 19.6 Å². The van der Waals surface area contributed by atoms with Crippen LogP contribution in [0, 0.1) is 13.8 Å². The van der Waals surface area contributed by atoms with Crippen molar-refractivity contribution in [3.8, 4) is 0 Å². The number of carbonyl (C=O) groups is 1. The molecular formula is C22H28N2O2. The van der Waals surface area contributed by atoms with Crippen molar-refractivity contribution in [3.05, 3.63) is 65.2 Å². The number of rotatable bonds is 6. The maximum Gasteiger partial charge on any atom is 0.231 e. The molecule has 0 unspecified atom stereocenters. The molecule has 1 saturated heterocycles. The van der Waals surface area contributed by atoms with Crippen LogP contribution in [0.15, 0.2) is 48.5 Å². The van der Waals surface area contributed by atoms with Crippen molar-refractivity contribution in [2.75, 3.05) is 44.3 Å². The molecule has 0 aliphatic carbocycles. The van der Waals surface area contributed by atoms with E-state index in [2.05, 4.69) is 36.9 Å². The molecule has 0 aromatic heterocycles. The Morgan fingerprint density at radius 2 is 1.65 bits per heavy atom. The van der Waals surface area contributed by atoms with Gasteiger partial charge in [0, 0.05) is 31.9 Å². The molecule has 2 aromatic carbocycles. The largest absolute Gasteiger partial charge is 0.379 e. The highest BCUT2D eigenvalue weighted by Crippen LogP contribution is 2.25. The third-order valence-electron chi connectivity index (χ3n) is 4.95. The first-order valence-electron chi connectivity index (χ1n) is 9.36. The van der Waals surface area contributed by atoms with E-state index in [1.54, 1.807) is 0 Å². The minimum absolute atomic E-state index is 0.154. The van der Waals surface area contributed by atoms with Crippen LogP contribution in [0.5, 0.6) is 0 Å². The number of morpholine rings is 1. The molecule has 4 nitrogen and oxygen atoms in total. The van der Waals surface area contributed by atoms with Gasteiger partial charge in [-0.05, 0) is 30.5 Å². The van der Waals surface area contributed by atoms with Gasteiger partial charge in [0.2, 0.25) is 5.91 Å². The highest BCUT2D eigenvalue weighted by Gasteiger charge is 2.21. The molecule has 3 rings (SSSR count). The molecule has 1 heterocycles. The molecule has 4 heteroatoms. The summed E-state index contributed by atoms with van der Waals surface area (Å²) in [6, 6.07) is 16.2. The van der Waals surface area contributed by atoms with Crippen molar-refractivity contribution in [2.24, 2.45) is 0 Å². The molecule has 0 saturated carbocycles. The summed E-state index contributed by atoms with van der Waals surface area (Å²) in [7, 11) is 0. The lowest BCUT2D eigenvalue weighted by atomic mass is 10.1. The third-order valence-corrected chi connectivity index (χ3v) is 4.95. The van der Waals surface area contributed by atoms with E-state index in [1.165, 1.54) is 0 Å². The number of para-hydroxylation sites is 1. The molecule has 0 atom stereocenters. The number of hydrogen-bond donors (Lipinski definition) is 0. The van der Waals surface area contributed by atoms with Gasteiger partial charge in [0.25, 0.3) is 0 Å². The van der Waals surface area contributed by atoms with Crippen LogP contribution < -0.4 is 4.90 Å². The lowest BCUT2D eigenvalue weighted by Crippen LogP contribution is -2.44. The topological polar surface area (TPSA) is 32.8 Å². The second-order valence-corrected chi connectivity index (χ2v) is 6.90. The van der Waals surface area contributed by atoms with Crippen LogP contribution in [-0.4, -0.2) is 50.2 Å². The van der Waals surface area contributed by atoms with Crippen molar-refractivity contribution >= 4 is 11.6 Å². The van der Waals surface area contributed by atoms with Crippen molar-refractivity contribution in [1.82, 2.24) is 4.90 Å². The summed E-state index contributed by atoms with van der Waals surface area (Å²) in [5.74, 6) is 0.154. The Labute approximate surface area is 156 Å². The van der Waals surface area contributed by atoms with E-state index in [1.807, 2.05) is 35.2 Å². The van der Waals surface area contributed by atoms with Crippen LogP contribution >= 0.6 is 0 Å². The van der Waals surface area contributed by atoms with Crippen LogP contribution in [0.1, 0.15) is 16.7 Å². The van der Waals surface area contributed by atoms with Gasteiger partial charge in [-0.2, -0.15) is 0 Å². The van der Waals surface area contributed by atoms with Crippen LogP contribution in [-0.2, 0) is 16.0 Å². The predicted molar refractivity (Wildman–Crippen MR) is 106 cm³/mol. The Morgan fingerprint density at radius 1 is 1.00 bits per heavy atom. The number of aryl methyl sites for hydroxylation is 2. The van der Waals surface area contributed by atoms with Crippen LogP contribution in [0.2, 0.25) is 0 Å². The van der Waals surface area contributed by atoms with Gasteiger partial charge in [-0.3, -0.25) is 9.69 Å². The molecule has 1 aliphatic rings. The van der Waals surface area contributed by atoms with Gasteiger partial charge in [-0.25, -0.2) is 0 Å². The predicted octanol–water partition coefficient (Wildman–Crippen LogP) is 3.21. The molecule has 0 radical (unpaired) electrons. The summed E-state index contributed by atoms with van der Waals surface area (Å²) in [5.41, 5.74) is 4.41. The van der Waals surface area contributed by atoms with E-state index >= 15 is 0 Å². The quantitative estimate of drug-likeness (QED) is 0.800. The average molecular weight is 352 g/mol. The van der Waals surface area contributed by atoms with Gasteiger partial charge in [0.1, 0.15) is 0 Å².